The Balaban J connectivity index is 1.45. The fourth-order valence-electron chi connectivity index (χ4n) is 5.15. The highest BCUT2D eigenvalue weighted by molar-refractivity contribution is 7.19. The van der Waals surface area contributed by atoms with Crippen LogP contribution in [0.4, 0.5) is 5.13 Å². The Morgan fingerprint density at radius 3 is 2.53 bits per heavy atom. The Labute approximate surface area is 182 Å². The zero-order chi connectivity index (χ0) is 21.1. The number of aromatic nitrogens is 2. The lowest BCUT2D eigenvalue weighted by molar-refractivity contribution is 0.161. The van der Waals surface area contributed by atoms with Crippen LogP contribution in [0.1, 0.15) is 46.1 Å². The second-order valence-corrected chi connectivity index (χ2v) is 10.9. The maximum Gasteiger partial charge on any atom is 0.234 e. The van der Waals surface area contributed by atoms with Gasteiger partial charge in [-0.1, -0.05) is 17.4 Å². The highest BCUT2D eigenvalue weighted by atomic mass is 32.1. The SMILES string of the molecule is CN(c1nc2c(s1)-c1ccc(-n3cccc3)cc1CO2)C1CC(C)(C)NC(C)(C)C1. The average Bonchev–Trinajstić information content (AvgIpc) is 3.34. The molecule has 0 radical (unpaired) electrons. The van der Waals surface area contributed by atoms with E-state index in [2.05, 4.69) is 80.1 Å². The summed E-state index contributed by atoms with van der Waals surface area (Å²) in [4.78, 5) is 8.40. The minimum absolute atomic E-state index is 0.107. The third-order valence-electron chi connectivity index (χ3n) is 6.20. The molecule has 0 amide bonds. The van der Waals surface area contributed by atoms with Crippen LogP contribution in [0.25, 0.3) is 16.1 Å². The second-order valence-electron chi connectivity index (χ2n) is 9.92. The Morgan fingerprint density at radius 2 is 1.83 bits per heavy atom. The molecule has 3 aromatic rings. The van der Waals surface area contributed by atoms with Crippen LogP contribution in [0.15, 0.2) is 42.7 Å². The van der Waals surface area contributed by atoms with E-state index in [1.807, 2.05) is 12.1 Å². The summed E-state index contributed by atoms with van der Waals surface area (Å²) in [6.45, 7) is 9.75. The van der Waals surface area contributed by atoms with Crippen LogP contribution in [0.2, 0.25) is 0 Å². The third-order valence-corrected chi connectivity index (χ3v) is 7.36. The van der Waals surface area contributed by atoms with Crippen molar-refractivity contribution in [2.24, 2.45) is 0 Å². The Hall–Kier alpha value is -2.31. The van der Waals surface area contributed by atoms with E-state index in [1.165, 1.54) is 11.1 Å². The molecule has 2 aromatic heterocycles. The number of rotatable bonds is 3. The molecular formula is C24H30N4OS. The number of ether oxygens (including phenoxy) is 1. The molecule has 0 saturated carbocycles. The molecule has 158 valence electrons. The maximum absolute atomic E-state index is 6.07. The molecule has 0 bridgehead atoms. The van der Waals surface area contributed by atoms with Crippen molar-refractivity contribution >= 4 is 16.5 Å². The molecule has 2 aliphatic heterocycles. The topological polar surface area (TPSA) is 42.3 Å². The summed E-state index contributed by atoms with van der Waals surface area (Å²) < 4.78 is 8.20. The number of hydrogen-bond donors (Lipinski definition) is 1. The molecule has 5 rings (SSSR count). The van der Waals surface area contributed by atoms with Crippen molar-refractivity contribution in [1.82, 2.24) is 14.9 Å². The second kappa shape index (κ2) is 6.86. The third kappa shape index (κ3) is 3.52. The zero-order valence-electron chi connectivity index (χ0n) is 18.4. The average molecular weight is 423 g/mol. The largest absolute Gasteiger partial charge is 0.472 e. The van der Waals surface area contributed by atoms with Crippen molar-refractivity contribution in [2.45, 2.75) is 64.3 Å². The van der Waals surface area contributed by atoms with Crippen molar-refractivity contribution in [3.63, 3.8) is 0 Å². The van der Waals surface area contributed by atoms with E-state index < -0.39 is 0 Å². The van der Waals surface area contributed by atoms with Gasteiger partial charge in [0.05, 0.1) is 0 Å². The highest BCUT2D eigenvalue weighted by Crippen LogP contribution is 2.45. The van der Waals surface area contributed by atoms with E-state index >= 15 is 0 Å². The van der Waals surface area contributed by atoms with Gasteiger partial charge in [-0.25, -0.2) is 0 Å². The quantitative estimate of drug-likeness (QED) is 0.627. The van der Waals surface area contributed by atoms with Gasteiger partial charge in [-0.15, -0.1) is 0 Å². The number of thiazole rings is 1. The summed E-state index contributed by atoms with van der Waals surface area (Å²) in [6.07, 6.45) is 6.32. The van der Waals surface area contributed by atoms with Crippen LogP contribution in [0, 0.1) is 0 Å². The summed E-state index contributed by atoms with van der Waals surface area (Å²) in [5, 5.41) is 4.82. The van der Waals surface area contributed by atoms with Gasteiger partial charge in [-0.2, -0.15) is 4.98 Å². The molecule has 1 N–H and O–H groups in total. The molecule has 1 saturated heterocycles. The van der Waals surface area contributed by atoms with Crippen LogP contribution in [0.3, 0.4) is 0 Å². The standard InChI is InChI=1S/C24H30N4OS/c1-23(2)13-18(14-24(3,4)26-23)27(5)22-25-21-20(30-22)19-9-8-17(12-16(19)15-29-21)28-10-6-7-11-28/h6-12,18,26H,13-15H2,1-5H3. The van der Waals surface area contributed by atoms with Crippen molar-refractivity contribution in [3.8, 4) is 22.0 Å². The molecule has 4 heterocycles. The first kappa shape index (κ1) is 19.6. The number of fused-ring (bicyclic) bond motifs is 3. The Morgan fingerprint density at radius 1 is 1.13 bits per heavy atom. The molecule has 0 spiro atoms. The van der Waals surface area contributed by atoms with Crippen LogP contribution < -0.4 is 15.0 Å². The number of piperidine rings is 1. The van der Waals surface area contributed by atoms with Gasteiger partial charge in [0.1, 0.15) is 11.5 Å². The van der Waals surface area contributed by atoms with Crippen LogP contribution >= 0.6 is 11.3 Å². The van der Waals surface area contributed by atoms with Gasteiger partial charge in [0.2, 0.25) is 5.88 Å². The van der Waals surface area contributed by atoms with Gasteiger partial charge < -0.3 is 19.5 Å². The number of nitrogens with zero attached hydrogens (tertiary/aromatic N) is 3. The monoisotopic (exact) mass is 422 g/mol. The molecule has 0 atom stereocenters. The molecule has 0 aliphatic carbocycles. The van der Waals surface area contributed by atoms with Gasteiger partial charge in [0, 0.05) is 53.4 Å². The number of anilines is 1. The lowest BCUT2D eigenvalue weighted by atomic mass is 9.79. The summed E-state index contributed by atoms with van der Waals surface area (Å²) in [5.41, 5.74) is 3.84. The van der Waals surface area contributed by atoms with Crippen LogP contribution in [0.5, 0.6) is 5.88 Å². The van der Waals surface area contributed by atoms with Crippen molar-refractivity contribution in [2.75, 3.05) is 11.9 Å². The molecule has 6 heteroatoms. The van der Waals surface area contributed by atoms with E-state index in [0.29, 0.717) is 12.6 Å². The summed E-state index contributed by atoms with van der Waals surface area (Å²) in [5.74, 6) is 0.774. The normalized spacial score (nSPS) is 19.6. The molecule has 5 nitrogen and oxygen atoms in total. The Kier molecular flexibility index (Phi) is 4.49. The van der Waals surface area contributed by atoms with Gasteiger partial charge in [0.15, 0.2) is 5.13 Å². The fraction of sp³-hybridized carbons (Fsp3) is 0.458. The number of benzene rings is 1. The highest BCUT2D eigenvalue weighted by Gasteiger charge is 2.40. The predicted octanol–water partition coefficient (Wildman–Crippen LogP) is 5.24. The van der Waals surface area contributed by atoms with Crippen molar-refractivity contribution < 1.29 is 4.74 Å². The molecule has 30 heavy (non-hydrogen) atoms. The zero-order valence-corrected chi connectivity index (χ0v) is 19.2. The smallest absolute Gasteiger partial charge is 0.234 e. The van der Waals surface area contributed by atoms with E-state index in [1.54, 1.807) is 11.3 Å². The van der Waals surface area contributed by atoms with E-state index in [-0.39, 0.29) is 11.1 Å². The first-order valence-electron chi connectivity index (χ1n) is 10.6. The van der Waals surface area contributed by atoms with Gasteiger partial charge in [0.25, 0.3) is 0 Å². The van der Waals surface area contributed by atoms with E-state index in [0.717, 1.165) is 34.4 Å². The molecule has 1 fully saturated rings. The molecule has 0 unspecified atom stereocenters. The maximum atomic E-state index is 6.07. The lowest BCUT2D eigenvalue weighted by Gasteiger charge is -2.48. The summed E-state index contributed by atoms with van der Waals surface area (Å²) >= 11 is 1.75. The van der Waals surface area contributed by atoms with Gasteiger partial charge in [-0.3, -0.25) is 0 Å². The van der Waals surface area contributed by atoms with Gasteiger partial charge in [-0.05, 0) is 64.8 Å². The Bertz CT molecular complexity index is 1050. The van der Waals surface area contributed by atoms with E-state index in [9.17, 15) is 0 Å². The summed E-state index contributed by atoms with van der Waals surface area (Å²) in [6, 6.07) is 11.1. The molecular weight excluding hydrogens is 392 g/mol. The van der Waals surface area contributed by atoms with E-state index in [4.69, 9.17) is 9.72 Å². The van der Waals surface area contributed by atoms with Crippen LogP contribution in [-0.2, 0) is 6.61 Å². The van der Waals surface area contributed by atoms with Crippen LogP contribution in [-0.4, -0.2) is 33.7 Å². The number of hydrogen-bond acceptors (Lipinski definition) is 5. The molecule has 1 aromatic carbocycles. The first-order valence-corrected chi connectivity index (χ1v) is 11.4. The number of nitrogens with one attached hydrogen (secondary N) is 1. The lowest BCUT2D eigenvalue weighted by Crippen LogP contribution is -2.61. The fourth-order valence-corrected chi connectivity index (χ4v) is 6.25. The summed E-state index contributed by atoms with van der Waals surface area (Å²) in [7, 11) is 2.18. The minimum atomic E-state index is 0.107. The van der Waals surface area contributed by atoms with Crippen molar-refractivity contribution in [1.29, 1.82) is 0 Å². The molecule has 2 aliphatic rings. The minimum Gasteiger partial charge on any atom is -0.472 e. The van der Waals surface area contributed by atoms with Gasteiger partial charge >= 0.3 is 0 Å². The predicted molar refractivity (Wildman–Crippen MR) is 124 cm³/mol. The van der Waals surface area contributed by atoms with Crippen molar-refractivity contribution in [3.05, 3.63) is 48.3 Å². The first-order chi connectivity index (χ1) is 14.2.